The summed E-state index contributed by atoms with van der Waals surface area (Å²) >= 11 is 0. The fourth-order valence-corrected chi connectivity index (χ4v) is 2.34. The zero-order chi connectivity index (χ0) is 15.8. The summed E-state index contributed by atoms with van der Waals surface area (Å²) in [6.07, 6.45) is 14.2. The summed E-state index contributed by atoms with van der Waals surface area (Å²) in [6.45, 7) is 8.83. The van der Waals surface area contributed by atoms with Gasteiger partial charge in [0.2, 0.25) is 0 Å². The highest BCUT2D eigenvalue weighted by molar-refractivity contribution is 4.57. The molecule has 0 aromatic carbocycles. The van der Waals surface area contributed by atoms with Gasteiger partial charge in [-0.15, -0.1) is 0 Å². The van der Waals surface area contributed by atoms with E-state index in [0.717, 1.165) is 25.7 Å². The van der Waals surface area contributed by atoms with Gasteiger partial charge in [0.1, 0.15) is 0 Å². The Kier molecular flexibility index (Phi) is 16.2. The van der Waals surface area contributed by atoms with Crippen molar-refractivity contribution in [2.24, 2.45) is 0 Å². The second-order valence-electron chi connectivity index (χ2n) is 6.07. The van der Waals surface area contributed by atoms with Gasteiger partial charge in [-0.05, 0) is 25.7 Å². The summed E-state index contributed by atoms with van der Waals surface area (Å²) in [5, 5.41) is 5.15. The molecule has 0 aromatic heterocycles. The third-order valence-corrected chi connectivity index (χ3v) is 3.87. The third-order valence-electron chi connectivity index (χ3n) is 3.87. The molecule has 128 valence electrons. The van der Waals surface area contributed by atoms with Gasteiger partial charge in [-0.3, -0.25) is 0 Å². The minimum atomic E-state index is 0.183. The molecule has 3 nitrogen and oxygen atoms in total. The molecule has 0 aromatic rings. The highest BCUT2D eigenvalue weighted by atomic mass is 17.5. The van der Waals surface area contributed by atoms with Crippen molar-refractivity contribution >= 4 is 0 Å². The molecule has 0 fully saturated rings. The van der Waals surface area contributed by atoms with Crippen LogP contribution in [0, 0.1) is 0 Å². The smallest absolute Gasteiger partial charge is 0.0961 e. The summed E-state index contributed by atoms with van der Waals surface area (Å²) in [5.74, 6) is 0. The van der Waals surface area contributed by atoms with Crippen LogP contribution >= 0.6 is 0 Å². The largest absolute Gasteiger partial charge is 0.203 e. The van der Waals surface area contributed by atoms with Gasteiger partial charge in [-0.25, -0.2) is 9.78 Å². The van der Waals surface area contributed by atoms with Crippen molar-refractivity contribution in [2.45, 2.75) is 117 Å². The maximum atomic E-state index is 5.51. The maximum Gasteiger partial charge on any atom is 0.0961 e. The number of hydrogen-bond donors (Lipinski definition) is 0. The fourth-order valence-electron chi connectivity index (χ4n) is 2.34. The van der Waals surface area contributed by atoms with Crippen molar-refractivity contribution in [3.05, 3.63) is 0 Å². The number of unbranched alkanes of at least 4 members (excludes halogenated alkanes) is 4. The Morgan fingerprint density at radius 2 is 0.810 bits per heavy atom. The molecule has 21 heavy (non-hydrogen) atoms. The van der Waals surface area contributed by atoms with Gasteiger partial charge in [-0.1, -0.05) is 84.1 Å². The molecular weight excluding hydrogens is 264 g/mol. The van der Waals surface area contributed by atoms with Gasteiger partial charge in [0, 0.05) is 0 Å². The molecule has 0 saturated carbocycles. The lowest BCUT2D eigenvalue weighted by Crippen LogP contribution is -2.18. The molecule has 3 heteroatoms. The van der Waals surface area contributed by atoms with E-state index in [4.69, 9.17) is 14.8 Å². The molecule has 0 saturated heterocycles. The third kappa shape index (κ3) is 13.3. The predicted octanol–water partition coefficient (Wildman–Crippen LogP) is 6.36. The Bertz CT molecular complexity index is 161. The molecule has 0 spiro atoms. The summed E-state index contributed by atoms with van der Waals surface area (Å²) in [5.41, 5.74) is 0. The lowest BCUT2D eigenvalue weighted by atomic mass is 10.1. The van der Waals surface area contributed by atoms with E-state index in [2.05, 4.69) is 27.7 Å². The summed E-state index contributed by atoms with van der Waals surface area (Å²) in [4.78, 5) is 11.0. The van der Waals surface area contributed by atoms with E-state index in [1.807, 2.05) is 0 Å². The zero-order valence-corrected chi connectivity index (χ0v) is 14.9. The average molecular weight is 302 g/mol. The van der Waals surface area contributed by atoms with E-state index in [1.54, 1.807) is 0 Å². The average Bonchev–Trinajstić information content (AvgIpc) is 2.51. The minimum Gasteiger partial charge on any atom is -0.203 e. The van der Waals surface area contributed by atoms with Crippen LogP contribution in [-0.2, 0) is 14.8 Å². The van der Waals surface area contributed by atoms with Crippen molar-refractivity contribution in [3.8, 4) is 0 Å². The second-order valence-corrected chi connectivity index (χ2v) is 6.07. The Labute approximate surface area is 132 Å². The van der Waals surface area contributed by atoms with E-state index in [1.165, 1.54) is 51.4 Å². The summed E-state index contributed by atoms with van der Waals surface area (Å²) in [6, 6.07) is 0. The van der Waals surface area contributed by atoms with E-state index in [9.17, 15) is 0 Å². The van der Waals surface area contributed by atoms with Gasteiger partial charge < -0.3 is 0 Å². The predicted molar refractivity (Wildman–Crippen MR) is 88.9 cm³/mol. The lowest BCUT2D eigenvalue weighted by Gasteiger charge is -2.19. The zero-order valence-electron chi connectivity index (χ0n) is 14.9. The standard InChI is InChI=1S/C18H38O3/c1-5-9-13-17(14-10-6-2)19-21-20-18(15-11-7-3)16-12-8-4/h17-18H,5-16H2,1-4H3. The van der Waals surface area contributed by atoms with Crippen LogP contribution in [0.3, 0.4) is 0 Å². The highest BCUT2D eigenvalue weighted by Gasteiger charge is 2.13. The quantitative estimate of drug-likeness (QED) is 0.245. The molecule has 0 rings (SSSR count). The first-order valence-electron chi connectivity index (χ1n) is 9.27. The first-order valence-corrected chi connectivity index (χ1v) is 9.27. The van der Waals surface area contributed by atoms with Crippen LogP contribution in [0.5, 0.6) is 0 Å². The summed E-state index contributed by atoms with van der Waals surface area (Å²) < 4.78 is 0. The molecule has 0 aliphatic heterocycles. The molecule has 0 radical (unpaired) electrons. The lowest BCUT2D eigenvalue weighted by molar-refractivity contribution is -0.540. The van der Waals surface area contributed by atoms with Crippen molar-refractivity contribution < 1.29 is 14.8 Å². The van der Waals surface area contributed by atoms with Gasteiger partial charge in [0.15, 0.2) is 0 Å². The Hall–Kier alpha value is -0.120. The van der Waals surface area contributed by atoms with Gasteiger partial charge >= 0.3 is 0 Å². The molecule has 0 N–H and O–H groups in total. The van der Waals surface area contributed by atoms with Crippen LogP contribution in [-0.4, -0.2) is 12.2 Å². The van der Waals surface area contributed by atoms with E-state index < -0.39 is 0 Å². The molecule has 0 aliphatic carbocycles. The second kappa shape index (κ2) is 16.3. The molecule has 0 aliphatic rings. The monoisotopic (exact) mass is 302 g/mol. The Balaban J connectivity index is 3.96. The van der Waals surface area contributed by atoms with E-state index in [-0.39, 0.29) is 12.2 Å². The molecule has 0 amide bonds. The Morgan fingerprint density at radius 3 is 1.05 bits per heavy atom. The van der Waals surface area contributed by atoms with E-state index >= 15 is 0 Å². The Morgan fingerprint density at radius 1 is 0.524 bits per heavy atom. The van der Waals surface area contributed by atoms with Crippen LogP contribution in [0.1, 0.15) is 105 Å². The molecule has 0 atom stereocenters. The minimum absolute atomic E-state index is 0.183. The van der Waals surface area contributed by atoms with Crippen molar-refractivity contribution in [2.75, 3.05) is 0 Å². The normalized spacial score (nSPS) is 11.7. The van der Waals surface area contributed by atoms with Crippen LogP contribution in [0.4, 0.5) is 0 Å². The van der Waals surface area contributed by atoms with Crippen LogP contribution in [0.15, 0.2) is 0 Å². The molecule has 0 heterocycles. The van der Waals surface area contributed by atoms with Crippen LogP contribution in [0.25, 0.3) is 0 Å². The number of rotatable bonds is 16. The summed E-state index contributed by atoms with van der Waals surface area (Å²) in [7, 11) is 0. The van der Waals surface area contributed by atoms with Crippen molar-refractivity contribution in [1.29, 1.82) is 0 Å². The number of hydrogen-bond acceptors (Lipinski definition) is 3. The van der Waals surface area contributed by atoms with Gasteiger partial charge in [0.25, 0.3) is 0 Å². The maximum absolute atomic E-state index is 5.51. The highest BCUT2D eigenvalue weighted by Crippen LogP contribution is 2.16. The first kappa shape index (κ1) is 20.9. The van der Waals surface area contributed by atoms with Crippen LogP contribution in [0.2, 0.25) is 0 Å². The van der Waals surface area contributed by atoms with Crippen molar-refractivity contribution in [1.82, 2.24) is 0 Å². The van der Waals surface area contributed by atoms with Gasteiger partial charge in [0.05, 0.1) is 12.2 Å². The topological polar surface area (TPSA) is 27.7 Å². The first-order chi connectivity index (χ1) is 10.3. The SMILES string of the molecule is CCCCC(CCCC)OOOC(CCCC)CCCC. The van der Waals surface area contributed by atoms with Crippen LogP contribution < -0.4 is 0 Å². The van der Waals surface area contributed by atoms with Gasteiger partial charge in [-0.2, -0.15) is 0 Å². The molecular formula is C18H38O3. The molecule has 0 bridgehead atoms. The molecule has 0 unspecified atom stereocenters. The fraction of sp³-hybridized carbons (Fsp3) is 1.00. The van der Waals surface area contributed by atoms with Crippen molar-refractivity contribution in [3.63, 3.8) is 0 Å². The van der Waals surface area contributed by atoms with E-state index in [0.29, 0.717) is 0 Å².